The predicted octanol–water partition coefficient (Wildman–Crippen LogP) is 3.00. The molecule has 2 aromatic carbocycles. The molecule has 2 aromatic rings. The Morgan fingerprint density at radius 2 is 1.88 bits per heavy atom. The van der Waals surface area contributed by atoms with Crippen molar-refractivity contribution in [3.8, 4) is 11.5 Å². The number of benzene rings is 2. The van der Waals surface area contributed by atoms with Crippen LogP contribution < -0.4 is 9.47 Å². The summed E-state index contributed by atoms with van der Waals surface area (Å²) < 4.78 is 10.5. The zero-order chi connectivity index (χ0) is 18.4. The molecular formula is C18H17NO6. The number of aliphatic carboxylic acids is 1. The quantitative estimate of drug-likeness (QED) is 0.749. The minimum atomic E-state index is -1.08. The van der Waals surface area contributed by atoms with Crippen LogP contribution >= 0.6 is 0 Å². The van der Waals surface area contributed by atoms with Crippen LogP contribution in [0.2, 0.25) is 0 Å². The molecule has 0 radical (unpaired) electrons. The van der Waals surface area contributed by atoms with Crippen molar-refractivity contribution in [3.63, 3.8) is 0 Å². The number of carbonyl (C=O) groups is 2. The summed E-state index contributed by atoms with van der Waals surface area (Å²) in [5.41, 5.74) is 1.34. The van der Waals surface area contributed by atoms with Crippen LogP contribution in [0.25, 0.3) is 0 Å². The lowest BCUT2D eigenvalue weighted by Gasteiger charge is -2.14. The molecule has 7 heteroatoms. The Balaban J connectivity index is 2.21. The van der Waals surface area contributed by atoms with Crippen molar-refractivity contribution >= 4 is 23.8 Å². The first-order valence-electron chi connectivity index (χ1n) is 7.35. The highest BCUT2D eigenvalue weighted by molar-refractivity contribution is 5.89. The number of hydrogen-bond acceptors (Lipinski definition) is 5. The van der Waals surface area contributed by atoms with E-state index in [9.17, 15) is 9.59 Å². The van der Waals surface area contributed by atoms with Gasteiger partial charge in [0.25, 0.3) is 0 Å². The van der Waals surface area contributed by atoms with Gasteiger partial charge >= 0.3 is 11.9 Å². The van der Waals surface area contributed by atoms with Crippen LogP contribution in [0.15, 0.2) is 47.5 Å². The molecule has 0 saturated carbocycles. The van der Waals surface area contributed by atoms with Gasteiger partial charge in [0.2, 0.25) is 0 Å². The molecule has 2 rings (SSSR count). The average Bonchev–Trinajstić information content (AvgIpc) is 2.60. The van der Waals surface area contributed by atoms with Gasteiger partial charge in [-0.1, -0.05) is 6.07 Å². The second kappa shape index (κ2) is 7.96. The predicted molar refractivity (Wildman–Crippen MR) is 91.4 cm³/mol. The standard InChI is InChI=1S/C18H17NO6/c1-11(17(20)21)25-15-7-6-12(8-16(15)24-2)10-19-14-5-3-4-13(9-14)18(22)23/h3-11H,1-2H3,(H,20,21)(H,22,23)/t11-/m0/s1. The molecule has 2 N–H and O–H groups in total. The van der Waals surface area contributed by atoms with Gasteiger partial charge in [0, 0.05) is 6.21 Å². The van der Waals surface area contributed by atoms with E-state index in [-0.39, 0.29) is 5.56 Å². The Kier molecular flexibility index (Phi) is 5.73. The summed E-state index contributed by atoms with van der Waals surface area (Å²) in [5, 5.41) is 17.9. The van der Waals surface area contributed by atoms with E-state index in [0.717, 1.165) is 0 Å². The maximum atomic E-state index is 11.0. The number of carboxylic acid groups (broad SMARTS) is 2. The molecule has 0 aliphatic carbocycles. The number of carboxylic acids is 2. The number of nitrogens with zero attached hydrogens (tertiary/aromatic N) is 1. The van der Waals surface area contributed by atoms with Gasteiger partial charge in [-0.25, -0.2) is 9.59 Å². The number of aliphatic imine (C=N–C) groups is 1. The van der Waals surface area contributed by atoms with Crippen LogP contribution in [0.1, 0.15) is 22.8 Å². The topological polar surface area (TPSA) is 105 Å². The van der Waals surface area contributed by atoms with Gasteiger partial charge in [0.1, 0.15) is 0 Å². The number of hydrogen-bond donors (Lipinski definition) is 2. The minimum Gasteiger partial charge on any atom is -0.493 e. The maximum Gasteiger partial charge on any atom is 0.344 e. The summed E-state index contributed by atoms with van der Waals surface area (Å²) in [6, 6.07) is 11.2. The van der Waals surface area contributed by atoms with Gasteiger partial charge in [0.15, 0.2) is 17.6 Å². The lowest BCUT2D eigenvalue weighted by atomic mass is 10.2. The first kappa shape index (κ1) is 18.0. The molecule has 0 saturated heterocycles. The fourth-order valence-electron chi connectivity index (χ4n) is 1.97. The minimum absolute atomic E-state index is 0.152. The lowest BCUT2D eigenvalue weighted by molar-refractivity contribution is -0.144. The molecule has 25 heavy (non-hydrogen) atoms. The molecule has 0 fully saturated rings. The van der Waals surface area contributed by atoms with Crippen LogP contribution in [-0.2, 0) is 4.79 Å². The molecule has 0 aliphatic rings. The summed E-state index contributed by atoms with van der Waals surface area (Å²) in [6.07, 6.45) is 0.542. The molecule has 0 amide bonds. The third-order valence-corrected chi connectivity index (χ3v) is 3.29. The highest BCUT2D eigenvalue weighted by atomic mass is 16.5. The number of methoxy groups -OCH3 is 1. The molecule has 0 unspecified atom stereocenters. The highest BCUT2D eigenvalue weighted by Crippen LogP contribution is 2.28. The Labute approximate surface area is 144 Å². The van der Waals surface area contributed by atoms with Crippen LogP contribution in [-0.4, -0.2) is 41.6 Å². The third kappa shape index (κ3) is 4.81. The molecule has 0 bridgehead atoms. The van der Waals surface area contributed by atoms with Crippen molar-refractivity contribution in [3.05, 3.63) is 53.6 Å². The van der Waals surface area contributed by atoms with E-state index < -0.39 is 18.0 Å². The third-order valence-electron chi connectivity index (χ3n) is 3.29. The number of rotatable bonds is 7. The summed E-state index contributed by atoms with van der Waals surface area (Å²) >= 11 is 0. The largest absolute Gasteiger partial charge is 0.493 e. The number of ether oxygens (including phenoxy) is 2. The first-order chi connectivity index (χ1) is 11.9. The van der Waals surface area contributed by atoms with Crippen molar-refractivity contribution in [2.75, 3.05) is 7.11 Å². The Morgan fingerprint density at radius 3 is 2.52 bits per heavy atom. The Morgan fingerprint density at radius 1 is 1.12 bits per heavy atom. The summed E-state index contributed by atoms with van der Waals surface area (Å²) in [5.74, 6) is -1.42. The zero-order valence-electron chi connectivity index (χ0n) is 13.7. The fourth-order valence-corrected chi connectivity index (χ4v) is 1.97. The van der Waals surface area contributed by atoms with Gasteiger partial charge < -0.3 is 19.7 Å². The maximum absolute atomic E-state index is 11.0. The monoisotopic (exact) mass is 343 g/mol. The van der Waals surface area contributed by atoms with E-state index >= 15 is 0 Å². The molecular weight excluding hydrogens is 326 g/mol. The zero-order valence-corrected chi connectivity index (χ0v) is 13.7. The molecule has 0 spiro atoms. The first-order valence-corrected chi connectivity index (χ1v) is 7.35. The second-order valence-corrected chi connectivity index (χ2v) is 5.12. The molecule has 0 aliphatic heterocycles. The molecule has 0 heterocycles. The Hall–Kier alpha value is -3.35. The second-order valence-electron chi connectivity index (χ2n) is 5.12. The van der Waals surface area contributed by atoms with Crippen molar-refractivity contribution in [2.24, 2.45) is 4.99 Å². The summed E-state index contributed by atoms with van der Waals surface area (Å²) in [7, 11) is 1.45. The van der Waals surface area contributed by atoms with E-state index in [2.05, 4.69) is 4.99 Å². The fraction of sp³-hybridized carbons (Fsp3) is 0.167. The Bertz CT molecular complexity index is 815. The summed E-state index contributed by atoms with van der Waals surface area (Å²) in [4.78, 5) is 26.1. The average molecular weight is 343 g/mol. The van der Waals surface area contributed by atoms with Crippen molar-refractivity contribution in [1.82, 2.24) is 0 Å². The normalized spacial score (nSPS) is 11.9. The van der Waals surface area contributed by atoms with Gasteiger partial charge in [-0.2, -0.15) is 0 Å². The molecule has 130 valence electrons. The molecule has 1 atom stereocenters. The van der Waals surface area contributed by atoms with E-state index in [1.807, 2.05) is 0 Å². The van der Waals surface area contributed by atoms with Crippen molar-refractivity contribution in [1.29, 1.82) is 0 Å². The van der Waals surface area contributed by atoms with Crippen LogP contribution in [0, 0.1) is 0 Å². The summed E-state index contributed by atoms with van der Waals surface area (Å²) in [6.45, 7) is 1.42. The van der Waals surface area contributed by atoms with E-state index in [0.29, 0.717) is 22.7 Å². The smallest absolute Gasteiger partial charge is 0.344 e. The van der Waals surface area contributed by atoms with Crippen molar-refractivity contribution < 1.29 is 29.3 Å². The molecule has 7 nitrogen and oxygen atoms in total. The van der Waals surface area contributed by atoms with Gasteiger partial charge in [-0.3, -0.25) is 4.99 Å². The van der Waals surface area contributed by atoms with E-state index in [1.165, 1.54) is 26.2 Å². The van der Waals surface area contributed by atoms with Crippen LogP contribution in [0.3, 0.4) is 0 Å². The number of aromatic carboxylic acids is 1. The van der Waals surface area contributed by atoms with E-state index in [4.69, 9.17) is 19.7 Å². The van der Waals surface area contributed by atoms with Crippen LogP contribution in [0.4, 0.5) is 5.69 Å². The molecule has 0 aromatic heterocycles. The van der Waals surface area contributed by atoms with Crippen LogP contribution in [0.5, 0.6) is 11.5 Å². The van der Waals surface area contributed by atoms with E-state index in [1.54, 1.807) is 36.5 Å². The van der Waals surface area contributed by atoms with Gasteiger partial charge in [-0.05, 0) is 48.9 Å². The van der Waals surface area contributed by atoms with Crippen molar-refractivity contribution in [2.45, 2.75) is 13.0 Å². The SMILES string of the molecule is COc1cc(C=Nc2cccc(C(=O)O)c2)ccc1O[C@@H](C)C(=O)O. The lowest BCUT2D eigenvalue weighted by Crippen LogP contribution is -2.23. The highest BCUT2D eigenvalue weighted by Gasteiger charge is 2.15. The van der Waals surface area contributed by atoms with Gasteiger partial charge in [0.05, 0.1) is 18.4 Å². The van der Waals surface area contributed by atoms with Gasteiger partial charge in [-0.15, -0.1) is 0 Å².